The SMILES string of the molecule is CCNCC(=O)N[C@H](Cc1ccc(O)cc1)C(=O)O. The number of benzene rings is 1. The third kappa shape index (κ3) is 5.39. The van der Waals surface area contributed by atoms with Gasteiger partial charge in [-0.3, -0.25) is 4.79 Å². The Bertz CT molecular complexity index is 431. The van der Waals surface area contributed by atoms with Crippen molar-refractivity contribution >= 4 is 11.9 Å². The fourth-order valence-corrected chi connectivity index (χ4v) is 1.55. The molecule has 1 rings (SSSR count). The van der Waals surface area contributed by atoms with Gasteiger partial charge >= 0.3 is 5.97 Å². The predicted octanol–water partition coefficient (Wildman–Crippen LogP) is 0.114. The van der Waals surface area contributed by atoms with Gasteiger partial charge in [-0.15, -0.1) is 0 Å². The van der Waals surface area contributed by atoms with Gasteiger partial charge in [-0.25, -0.2) is 4.79 Å². The van der Waals surface area contributed by atoms with Crippen LogP contribution in [-0.4, -0.2) is 41.2 Å². The van der Waals surface area contributed by atoms with Gasteiger partial charge in [0.25, 0.3) is 0 Å². The first-order valence-electron chi connectivity index (χ1n) is 6.03. The van der Waals surface area contributed by atoms with Crippen molar-refractivity contribution in [3.05, 3.63) is 29.8 Å². The summed E-state index contributed by atoms with van der Waals surface area (Å²) in [6.07, 6.45) is 0.174. The Hall–Kier alpha value is -2.08. The van der Waals surface area contributed by atoms with Crippen LogP contribution in [0.1, 0.15) is 12.5 Å². The number of nitrogens with one attached hydrogen (secondary N) is 2. The van der Waals surface area contributed by atoms with E-state index in [-0.39, 0.29) is 24.6 Å². The zero-order valence-electron chi connectivity index (χ0n) is 10.7. The predicted molar refractivity (Wildman–Crippen MR) is 69.9 cm³/mol. The normalized spacial score (nSPS) is 11.8. The van der Waals surface area contributed by atoms with E-state index in [9.17, 15) is 9.59 Å². The van der Waals surface area contributed by atoms with Crippen LogP contribution in [0.2, 0.25) is 0 Å². The Labute approximate surface area is 111 Å². The topological polar surface area (TPSA) is 98.7 Å². The van der Waals surface area contributed by atoms with Crippen molar-refractivity contribution in [2.24, 2.45) is 0 Å². The number of phenolic OH excluding ortho intramolecular Hbond substituents is 1. The highest BCUT2D eigenvalue weighted by atomic mass is 16.4. The van der Waals surface area contributed by atoms with E-state index >= 15 is 0 Å². The fourth-order valence-electron chi connectivity index (χ4n) is 1.55. The number of hydrogen-bond donors (Lipinski definition) is 4. The standard InChI is InChI=1S/C13H18N2O4/c1-2-14-8-12(17)15-11(13(18)19)7-9-3-5-10(16)6-4-9/h3-6,11,14,16H,2,7-8H2,1H3,(H,15,17)(H,18,19)/t11-/m1/s1. The van der Waals surface area contributed by atoms with Crippen molar-refractivity contribution in [3.63, 3.8) is 0 Å². The number of phenols is 1. The van der Waals surface area contributed by atoms with Crippen LogP contribution < -0.4 is 10.6 Å². The Morgan fingerprint density at radius 1 is 1.26 bits per heavy atom. The third-order valence-corrected chi connectivity index (χ3v) is 2.55. The first-order valence-corrected chi connectivity index (χ1v) is 6.03. The minimum Gasteiger partial charge on any atom is -0.508 e. The number of carbonyl (C=O) groups is 2. The fraction of sp³-hybridized carbons (Fsp3) is 0.385. The molecule has 0 aliphatic heterocycles. The molecular weight excluding hydrogens is 248 g/mol. The van der Waals surface area contributed by atoms with Crippen molar-refractivity contribution in [1.29, 1.82) is 0 Å². The van der Waals surface area contributed by atoms with Crippen LogP contribution in [-0.2, 0) is 16.0 Å². The van der Waals surface area contributed by atoms with E-state index in [1.54, 1.807) is 12.1 Å². The lowest BCUT2D eigenvalue weighted by Crippen LogP contribution is -2.45. The van der Waals surface area contributed by atoms with E-state index < -0.39 is 12.0 Å². The molecule has 0 bridgehead atoms. The van der Waals surface area contributed by atoms with Crippen LogP contribution in [0.25, 0.3) is 0 Å². The summed E-state index contributed by atoms with van der Waals surface area (Å²) in [4.78, 5) is 22.6. The van der Waals surface area contributed by atoms with Crippen LogP contribution in [0.5, 0.6) is 5.75 Å². The minimum atomic E-state index is -1.09. The molecule has 1 atom stereocenters. The first-order chi connectivity index (χ1) is 9.02. The van der Waals surface area contributed by atoms with Gasteiger partial charge in [0.05, 0.1) is 6.54 Å². The van der Waals surface area contributed by atoms with E-state index in [0.29, 0.717) is 6.54 Å². The second kappa shape index (κ2) is 7.38. The van der Waals surface area contributed by atoms with Crippen molar-refractivity contribution in [1.82, 2.24) is 10.6 Å². The molecule has 0 aromatic heterocycles. The number of rotatable bonds is 7. The van der Waals surface area contributed by atoms with Gasteiger partial charge in [0, 0.05) is 6.42 Å². The molecule has 0 saturated heterocycles. The number of carboxylic acids is 1. The van der Waals surface area contributed by atoms with Crippen molar-refractivity contribution in [3.8, 4) is 5.75 Å². The van der Waals surface area contributed by atoms with Crippen LogP contribution in [0.4, 0.5) is 0 Å². The summed E-state index contributed by atoms with van der Waals surface area (Å²) < 4.78 is 0. The molecule has 19 heavy (non-hydrogen) atoms. The van der Waals surface area contributed by atoms with Crippen LogP contribution >= 0.6 is 0 Å². The third-order valence-electron chi connectivity index (χ3n) is 2.55. The number of aromatic hydroxyl groups is 1. The van der Waals surface area contributed by atoms with Gasteiger partial charge in [-0.05, 0) is 24.2 Å². The summed E-state index contributed by atoms with van der Waals surface area (Å²) in [5, 5.41) is 23.5. The molecule has 0 radical (unpaired) electrons. The van der Waals surface area contributed by atoms with Gasteiger partial charge in [0.1, 0.15) is 11.8 Å². The van der Waals surface area contributed by atoms with Gasteiger partial charge in [0.2, 0.25) is 5.91 Å². The quantitative estimate of drug-likeness (QED) is 0.561. The highest BCUT2D eigenvalue weighted by molar-refractivity contribution is 5.84. The zero-order valence-corrected chi connectivity index (χ0v) is 10.7. The average molecular weight is 266 g/mol. The molecule has 6 nitrogen and oxygen atoms in total. The molecule has 1 aromatic carbocycles. The number of carboxylic acid groups (broad SMARTS) is 1. The summed E-state index contributed by atoms with van der Waals surface area (Å²) in [6, 6.07) is 5.24. The largest absolute Gasteiger partial charge is 0.508 e. The minimum absolute atomic E-state index is 0.0931. The van der Waals surface area contributed by atoms with E-state index in [1.165, 1.54) is 12.1 Å². The number of hydrogen-bond acceptors (Lipinski definition) is 4. The molecular formula is C13H18N2O4. The lowest BCUT2D eigenvalue weighted by atomic mass is 10.1. The van der Waals surface area contributed by atoms with Crippen molar-refractivity contribution < 1.29 is 19.8 Å². The monoisotopic (exact) mass is 266 g/mol. The van der Waals surface area contributed by atoms with E-state index in [4.69, 9.17) is 10.2 Å². The Balaban J connectivity index is 2.60. The molecule has 0 unspecified atom stereocenters. The van der Waals surface area contributed by atoms with Crippen LogP contribution in [0.3, 0.4) is 0 Å². The molecule has 6 heteroatoms. The van der Waals surface area contributed by atoms with Gasteiger partial charge < -0.3 is 20.8 Å². The Morgan fingerprint density at radius 2 is 1.89 bits per heavy atom. The summed E-state index contributed by atoms with van der Waals surface area (Å²) >= 11 is 0. The van der Waals surface area contributed by atoms with Crippen molar-refractivity contribution in [2.75, 3.05) is 13.1 Å². The molecule has 0 aliphatic carbocycles. The molecule has 0 fully saturated rings. The molecule has 104 valence electrons. The Kier molecular flexibility index (Phi) is 5.81. The van der Waals surface area contributed by atoms with Crippen LogP contribution in [0.15, 0.2) is 24.3 Å². The highest BCUT2D eigenvalue weighted by Gasteiger charge is 2.19. The highest BCUT2D eigenvalue weighted by Crippen LogP contribution is 2.11. The Morgan fingerprint density at radius 3 is 2.42 bits per heavy atom. The molecule has 0 spiro atoms. The molecule has 1 amide bonds. The number of amides is 1. The smallest absolute Gasteiger partial charge is 0.326 e. The summed E-state index contributed by atoms with van der Waals surface area (Å²) in [6.45, 7) is 2.59. The maximum absolute atomic E-state index is 11.5. The van der Waals surface area contributed by atoms with Crippen LogP contribution in [0, 0.1) is 0 Å². The lowest BCUT2D eigenvalue weighted by Gasteiger charge is -2.14. The number of likely N-dealkylation sites (N-methyl/N-ethyl adjacent to an activating group) is 1. The second-order valence-electron chi connectivity index (χ2n) is 4.11. The number of aliphatic carboxylic acids is 1. The second-order valence-corrected chi connectivity index (χ2v) is 4.11. The molecule has 0 aliphatic rings. The number of carbonyl (C=O) groups excluding carboxylic acids is 1. The maximum Gasteiger partial charge on any atom is 0.326 e. The molecule has 1 aromatic rings. The average Bonchev–Trinajstić information content (AvgIpc) is 2.38. The summed E-state index contributed by atoms with van der Waals surface area (Å²) in [7, 11) is 0. The molecule has 0 heterocycles. The van der Waals surface area contributed by atoms with Gasteiger partial charge in [-0.2, -0.15) is 0 Å². The van der Waals surface area contributed by atoms with E-state index in [2.05, 4.69) is 10.6 Å². The van der Waals surface area contributed by atoms with E-state index in [1.807, 2.05) is 6.92 Å². The maximum atomic E-state index is 11.5. The van der Waals surface area contributed by atoms with Gasteiger partial charge in [-0.1, -0.05) is 19.1 Å². The summed E-state index contributed by atoms with van der Waals surface area (Å²) in [5.41, 5.74) is 0.731. The van der Waals surface area contributed by atoms with Crippen molar-refractivity contribution in [2.45, 2.75) is 19.4 Å². The molecule has 4 N–H and O–H groups in total. The first kappa shape index (κ1) is 15.0. The summed E-state index contributed by atoms with van der Waals surface area (Å²) in [5.74, 6) is -1.32. The lowest BCUT2D eigenvalue weighted by molar-refractivity contribution is -0.141. The van der Waals surface area contributed by atoms with E-state index in [0.717, 1.165) is 5.56 Å². The zero-order chi connectivity index (χ0) is 14.3. The molecule has 0 saturated carbocycles. The van der Waals surface area contributed by atoms with Gasteiger partial charge in [0.15, 0.2) is 0 Å².